The molecule has 0 saturated heterocycles. The minimum atomic E-state index is -1.07. The summed E-state index contributed by atoms with van der Waals surface area (Å²) in [5.41, 5.74) is -1.07. The van der Waals surface area contributed by atoms with Crippen LogP contribution in [0.15, 0.2) is 12.4 Å². The molecule has 0 atom stereocenters. The second kappa shape index (κ2) is 6.33. The topological polar surface area (TPSA) is 90.4 Å². The van der Waals surface area contributed by atoms with Gasteiger partial charge >= 0.3 is 5.97 Å². The summed E-state index contributed by atoms with van der Waals surface area (Å²) in [7, 11) is 3.98. The highest BCUT2D eigenvalue weighted by Gasteiger charge is 2.27. The lowest BCUT2D eigenvalue weighted by molar-refractivity contribution is -0.141. The lowest BCUT2D eigenvalue weighted by Gasteiger charge is -2.21. The molecule has 3 N–H and O–H groups in total. The summed E-state index contributed by atoms with van der Waals surface area (Å²) in [5.74, 6) is 0.212. The van der Waals surface area contributed by atoms with Gasteiger partial charge in [-0.25, -0.2) is 14.8 Å². The van der Waals surface area contributed by atoms with Gasteiger partial charge in [0, 0.05) is 19.2 Å². The van der Waals surface area contributed by atoms with Gasteiger partial charge in [-0.2, -0.15) is 0 Å². The van der Waals surface area contributed by atoms with Crippen molar-refractivity contribution >= 4 is 17.6 Å². The van der Waals surface area contributed by atoms with E-state index in [0.717, 1.165) is 13.1 Å². The van der Waals surface area contributed by atoms with Crippen LogP contribution in [-0.4, -0.2) is 58.7 Å². The predicted molar refractivity (Wildman–Crippen MR) is 74.4 cm³/mol. The number of likely N-dealkylation sites (N-methyl/N-ethyl adjacent to an activating group) is 1. The molecule has 7 heteroatoms. The van der Waals surface area contributed by atoms with Crippen molar-refractivity contribution in [2.75, 3.05) is 37.8 Å². The standard InChI is InChI=1S/C12H21N5O2/c1-12(2,11(18)19)16-10-7-9(14-8-15-10)13-5-6-17(3)4/h7-8H,5-6H2,1-4H3,(H,18,19)(H2,13,14,15,16). The van der Waals surface area contributed by atoms with E-state index in [0.29, 0.717) is 11.6 Å². The van der Waals surface area contributed by atoms with E-state index in [-0.39, 0.29) is 0 Å². The summed E-state index contributed by atoms with van der Waals surface area (Å²) in [6, 6.07) is 1.69. The fourth-order valence-corrected chi connectivity index (χ4v) is 1.30. The molecule has 0 aliphatic rings. The van der Waals surface area contributed by atoms with E-state index in [1.807, 2.05) is 14.1 Å². The lowest BCUT2D eigenvalue weighted by Crippen LogP contribution is -2.40. The second-order valence-electron chi connectivity index (χ2n) is 5.07. The van der Waals surface area contributed by atoms with E-state index in [1.54, 1.807) is 19.9 Å². The minimum absolute atomic E-state index is 0.481. The maximum atomic E-state index is 11.0. The Morgan fingerprint density at radius 3 is 2.58 bits per heavy atom. The fourth-order valence-electron chi connectivity index (χ4n) is 1.30. The third-order valence-corrected chi connectivity index (χ3v) is 2.51. The Hall–Kier alpha value is -1.89. The summed E-state index contributed by atoms with van der Waals surface area (Å²) in [6.45, 7) is 4.80. The SMILES string of the molecule is CN(C)CCNc1cc(NC(C)(C)C(=O)O)ncn1. The van der Waals surface area contributed by atoms with Gasteiger partial charge in [0.2, 0.25) is 0 Å². The van der Waals surface area contributed by atoms with Crippen molar-refractivity contribution in [3.8, 4) is 0 Å². The Morgan fingerprint density at radius 1 is 1.37 bits per heavy atom. The number of carbonyl (C=O) groups is 1. The molecule has 19 heavy (non-hydrogen) atoms. The molecule has 0 amide bonds. The van der Waals surface area contributed by atoms with Crippen LogP contribution in [-0.2, 0) is 4.79 Å². The number of aliphatic carboxylic acids is 1. The molecule has 0 radical (unpaired) electrons. The fraction of sp³-hybridized carbons (Fsp3) is 0.583. The molecule has 0 fully saturated rings. The normalized spacial score (nSPS) is 11.4. The van der Waals surface area contributed by atoms with Crippen LogP contribution in [0.3, 0.4) is 0 Å². The maximum absolute atomic E-state index is 11.0. The Balaban J connectivity index is 2.64. The molecular weight excluding hydrogens is 246 g/mol. The van der Waals surface area contributed by atoms with Gasteiger partial charge in [-0.3, -0.25) is 0 Å². The minimum Gasteiger partial charge on any atom is -0.480 e. The number of hydrogen-bond acceptors (Lipinski definition) is 6. The van der Waals surface area contributed by atoms with Gasteiger partial charge in [-0.05, 0) is 27.9 Å². The first-order chi connectivity index (χ1) is 8.81. The van der Waals surface area contributed by atoms with Gasteiger partial charge in [-0.1, -0.05) is 0 Å². The molecular formula is C12H21N5O2. The number of anilines is 2. The number of nitrogens with one attached hydrogen (secondary N) is 2. The molecule has 7 nitrogen and oxygen atoms in total. The van der Waals surface area contributed by atoms with Gasteiger partial charge in [0.1, 0.15) is 23.5 Å². The van der Waals surface area contributed by atoms with E-state index in [1.165, 1.54) is 6.33 Å². The van der Waals surface area contributed by atoms with Crippen LogP contribution < -0.4 is 10.6 Å². The van der Waals surface area contributed by atoms with Crippen molar-refractivity contribution < 1.29 is 9.90 Å². The highest BCUT2D eigenvalue weighted by Crippen LogP contribution is 2.15. The Kier molecular flexibility index (Phi) is 5.05. The third-order valence-electron chi connectivity index (χ3n) is 2.51. The van der Waals surface area contributed by atoms with Crippen molar-refractivity contribution in [2.45, 2.75) is 19.4 Å². The first-order valence-corrected chi connectivity index (χ1v) is 6.03. The van der Waals surface area contributed by atoms with E-state index >= 15 is 0 Å². The van der Waals surface area contributed by atoms with Crippen molar-refractivity contribution in [2.24, 2.45) is 0 Å². The molecule has 1 rings (SSSR count). The molecule has 0 aliphatic carbocycles. The van der Waals surface area contributed by atoms with E-state index in [9.17, 15) is 4.79 Å². The zero-order valence-electron chi connectivity index (χ0n) is 11.8. The third kappa shape index (κ3) is 5.09. The zero-order chi connectivity index (χ0) is 14.5. The first-order valence-electron chi connectivity index (χ1n) is 6.03. The number of aromatic nitrogens is 2. The van der Waals surface area contributed by atoms with Gasteiger partial charge in [-0.15, -0.1) is 0 Å². The summed E-state index contributed by atoms with van der Waals surface area (Å²) >= 11 is 0. The van der Waals surface area contributed by atoms with Crippen LogP contribution >= 0.6 is 0 Å². The highest BCUT2D eigenvalue weighted by molar-refractivity contribution is 5.81. The van der Waals surface area contributed by atoms with Crippen LogP contribution in [0.1, 0.15) is 13.8 Å². The maximum Gasteiger partial charge on any atom is 0.328 e. The van der Waals surface area contributed by atoms with Gasteiger partial charge in [0.15, 0.2) is 0 Å². The Morgan fingerprint density at radius 2 is 2.00 bits per heavy atom. The monoisotopic (exact) mass is 267 g/mol. The van der Waals surface area contributed by atoms with Crippen molar-refractivity contribution in [1.29, 1.82) is 0 Å². The predicted octanol–water partition coefficient (Wildman–Crippen LogP) is 0.725. The molecule has 0 aliphatic heterocycles. The summed E-state index contributed by atoms with van der Waals surface area (Å²) in [6.07, 6.45) is 1.40. The molecule has 106 valence electrons. The van der Waals surface area contributed by atoms with Gasteiger partial charge < -0.3 is 20.6 Å². The molecule has 0 unspecified atom stereocenters. The van der Waals surface area contributed by atoms with Crippen molar-refractivity contribution in [3.05, 3.63) is 12.4 Å². The number of nitrogens with zero attached hydrogens (tertiary/aromatic N) is 3. The average molecular weight is 267 g/mol. The highest BCUT2D eigenvalue weighted by atomic mass is 16.4. The second-order valence-corrected chi connectivity index (χ2v) is 5.07. The largest absolute Gasteiger partial charge is 0.480 e. The molecule has 0 spiro atoms. The summed E-state index contributed by atoms with van der Waals surface area (Å²) in [4.78, 5) is 21.2. The number of rotatable bonds is 7. The van der Waals surface area contributed by atoms with E-state index < -0.39 is 11.5 Å². The van der Waals surface area contributed by atoms with Crippen molar-refractivity contribution in [1.82, 2.24) is 14.9 Å². The van der Waals surface area contributed by atoms with Crippen LogP contribution in [0.25, 0.3) is 0 Å². The van der Waals surface area contributed by atoms with Crippen LogP contribution in [0, 0.1) is 0 Å². The lowest BCUT2D eigenvalue weighted by atomic mass is 10.1. The first kappa shape index (κ1) is 15.2. The quantitative estimate of drug-likeness (QED) is 0.670. The number of hydrogen-bond donors (Lipinski definition) is 3. The number of carboxylic acid groups (broad SMARTS) is 1. The summed E-state index contributed by atoms with van der Waals surface area (Å²) < 4.78 is 0. The van der Waals surface area contributed by atoms with Crippen LogP contribution in [0.2, 0.25) is 0 Å². The molecule has 0 aromatic carbocycles. The number of carboxylic acids is 1. The summed E-state index contributed by atoms with van der Waals surface area (Å²) in [5, 5.41) is 15.1. The van der Waals surface area contributed by atoms with Crippen LogP contribution in [0.5, 0.6) is 0 Å². The van der Waals surface area contributed by atoms with Gasteiger partial charge in [0.25, 0.3) is 0 Å². The van der Waals surface area contributed by atoms with E-state index in [2.05, 4.69) is 25.5 Å². The molecule has 1 aromatic heterocycles. The molecule has 0 saturated carbocycles. The molecule has 0 bridgehead atoms. The van der Waals surface area contributed by atoms with E-state index in [4.69, 9.17) is 5.11 Å². The Labute approximate surface area is 113 Å². The van der Waals surface area contributed by atoms with Crippen molar-refractivity contribution in [3.63, 3.8) is 0 Å². The van der Waals surface area contributed by atoms with Gasteiger partial charge in [0.05, 0.1) is 0 Å². The Bertz CT molecular complexity index is 434. The van der Waals surface area contributed by atoms with Crippen LogP contribution in [0.4, 0.5) is 11.6 Å². The molecule has 1 aromatic rings. The average Bonchev–Trinajstić information content (AvgIpc) is 2.28. The zero-order valence-corrected chi connectivity index (χ0v) is 11.8. The smallest absolute Gasteiger partial charge is 0.328 e. The molecule has 1 heterocycles.